The highest BCUT2D eigenvalue weighted by molar-refractivity contribution is 5.76. The summed E-state index contributed by atoms with van der Waals surface area (Å²) >= 11 is 0. The summed E-state index contributed by atoms with van der Waals surface area (Å²) in [6, 6.07) is 0.455. The molecule has 5 nitrogen and oxygen atoms in total. The zero-order valence-electron chi connectivity index (χ0n) is 11.4. The van der Waals surface area contributed by atoms with Crippen molar-refractivity contribution in [3.8, 4) is 0 Å². The average Bonchev–Trinajstić information content (AvgIpc) is 2.26. The molecular weight excluding hydrogens is 218 g/mol. The molecule has 0 aromatic rings. The molecule has 0 saturated carbocycles. The summed E-state index contributed by atoms with van der Waals surface area (Å²) in [6.07, 6.45) is 1.56. The Balaban J connectivity index is 3.59. The Morgan fingerprint density at radius 1 is 1.24 bits per heavy atom. The van der Waals surface area contributed by atoms with Crippen LogP contribution in [0.25, 0.3) is 0 Å². The second-order valence-electron chi connectivity index (χ2n) is 4.36. The predicted molar refractivity (Wildman–Crippen MR) is 70.6 cm³/mol. The molecule has 0 aliphatic rings. The van der Waals surface area contributed by atoms with Crippen molar-refractivity contribution < 1.29 is 9.47 Å². The zero-order valence-corrected chi connectivity index (χ0v) is 11.4. The Morgan fingerprint density at radius 2 is 1.94 bits per heavy atom. The Labute approximate surface area is 105 Å². The Kier molecular flexibility index (Phi) is 10.1. The highest BCUT2D eigenvalue weighted by Gasteiger charge is 2.09. The summed E-state index contributed by atoms with van der Waals surface area (Å²) in [5, 5.41) is 7.22. The lowest BCUT2D eigenvalue weighted by molar-refractivity contribution is 0.0770. The minimum absolute atomic E-state index is 0.247. The molecule has 0 bridgehead atoms. The van der Waals surface area contributed by atoms with Crippen LogP contribution in [0.3, 0.4) is 0 Å². The van der Waals surface area contributed by atoms with Gasteiger partial charge in [-0.05, 0) is 20.3 Å². The van der Waals surface area contributed by atoms with Crippen LogP contribution in [0.15, 0.2) is 0 Å². The molecule has 0 rings (SSSR count). The molecule has 0 aromatic heterocycles. The van der Waals surface area contributed by atoms with Crippen LogP contribution in [0, 0.1) is 5.41 Å². The van der Waals surface area contributed by atoms with Crippen molar-refractivity contribution in [3.05, 3.63) is 0 Å². The molecule has 17 heavy (non-hydrogen) atoms. The molecule has 0 amide bonds. The third-order valence-corrected chi connectivity index (χ3v) is 2.56. The Hall–Kier alpha value is -0.650. The van der Waals surface area contributed by atoms with Gasteiger partial charge < -0.3 is 15.2 Å². The van der Waals surface area contributed by atoms with E-state index in [-0.39, 0.29) is 5.84 Å². The third kappa shape index (κ3) is 10.2. The third-order valence-electron chi connectivity index (χ3n) is 2.56. The topological polar surface area (TPSA) is 71.6 Å². The first-order chi connectivity index (χ1) is 8.07. The predicted octanol–water partition coefficient (Wildman–Crippen LogP) is 1.08. The molecular formula is C12H27N3O2. The highest BCUT2D eigenvalue weighted by atomic mass is 16.5. The van der Waals surface area contributed by atoms with Gasteiger partial charge in [0.2, 0.25) is 0 Å². The maximum Gasteiger partial charge on any atom is 0.0918 e. The number of hydrogen-bond acceptors (Lipinski definition) is 4. The van der Waals surface area contributed by atoms with E-state index in [2.05, 4.69) is 18.7 Å². The summed E-state index contributed by atoms with van der Waals surface area (Å²) in [6.45, 7) is 8.22. The van der Waals surface area contributed by atoms with Crippen LogP contribution < -0.4 is 5.73 Å². The van der Waals surface area contributed by atoms with Gasteiger partial charge >= 0.3 is 0 Å². The molecule has 0 unspecified atom stereocenters. The first-order valence-electron chi connectivity index (χ1n) is 6.21. The summed E-state index contributed by atoms with van der Waals surface area (Å²) < 4.78 is 10.5. The molecule has 3 N–H and O–H groups in total. The van der Waals surface area contributed by atoms with Gasteiger partial charge in [-0.3, -0.25) is 10.3 Å². The van der Waals surface area contributed by atoms with Crippen molar-refractivity contribution in [3.63, 3.8) is 0 Å². The van der Waals surface area contributed by atoms with Gasteiger partial charge in [-0.2, -0.15) is 0 Å². The van der Waals surface area contributed by atoms with E-state index in [1.54, 1.807) is 7.11 Å². The van der Waals surface area contributed by atoms with Crippen LogP contribution in [-0.4, -0.2) is 56.8 Å². The maximum atomic E-state index is 7.22. The molecule has 0 aliphatic carbocycles. The summed E-state index contributed by atoms with van der Waals surface area (Å²) in [5.74, 6) is 0.247. The number of methoxy groups -OCH3 is 1. The van der Waals surface area contributed by atoms with Gasteiger partial charge in [0.05, 0.1) is 12.4 Å². The van der Waals surface area contributed by atoms with Gasteiger partial charge in [-0.15, -0.1) is 0 Å². The standard InChI is InChI=1S/C12H27N3O2/c1-11(2)15(6-5-12(13)14)7-10-17-9-4-8-16-3/h11H,4-10H2,1-3H3,(H3,13,14). The van der Waals surface area contributed by atoms with E-state index in [1.807, 2.05) is 0 Å². The summed E-state index contributed by atoms with van der Waals surface area (Å²) in [7, 11) is 1.70. The van der Waals surface area contributed by atoms with E-state index in [0.29, 0.717) is 12.5 Å². The lowest BCUT2D eigenvalue weighted by atomic mass is 10.2. The fourth-order valence-electron chi connectivity index (χ4n) is 1.48. The van der Waals surface area contributed by atoms with Crippen molar-refractivity contribution in [2.24, 2.45) is 5.73 Å². The van der Waals surface area contributed by atoms with Crippen LogP contribution in [0.5, 0.6) is 0 Å². The number of nitrogens with two attached hydrogens (primary N) is 1. The molecule has 0 fully saturated rings. The number of rotatable bonds is 11. The number of hydrogen-bond donors (Lipinski definition) is 2. The van der Waals surface area contributed by atoms with E-state index in [4.69, 9.17) is 20.6 Å². The Morgan fingerprint density at radius 3 is 2.47 bits per heavy atom. The SMILES string of the molecule is COCCCOCCN(CCC(=N)N)C(C)C. The van der Waals surface area contributed by atoms with Crippen molar-refractivity contribution in [2.75, 3.05) is 40.0 Å². The van der Waals surface area contributed by atoms with Crippen molar-refractivity contribution in [2.45, 2.75) is 32.7 Å². The van der Waals surface area contributed by atoms with Gasteiger partial charge in [0, 0.05) is 45.9 Å². The van der Waals surface area contributed by atoms with Crippen LogP contribution in [-0.2, 0) is 9.47 Å². The summed E-state index contributed by atoms with van der Waals surface area (Å²) in [4.78, 5) is 2.28. The van der Waals surface area contributed by atoms with Gasteiger partial charge in [-0.1, -0.05) is 0 Å². The molecule has 102 valence electrons. The molecule has 0 saturated heterocycles. The maximum absolute atomic E-state index is 7.22. The highest BCUT2D eigenvalue weighted by Crippen LogP contribution is 1.99. The second-order valence-corrected chi connectivity index (χ2v) is 4.36. The van der Waals surface area contributed by atoms with E-state index in [1.165, 1.54) is 0 Å². The second kappa shape index (κ2) is 10.5. The molecule has 0 heterocycles. The minimum Gasteiger partial charge on any atom is -0.388 e. The van der Waals surface area contributed by atoms with E-state index >= 15 is 0 Å². The van der Waals surface area contributed by atoms with Crippen molar-refractivity contribution in [1.29, 1.82) is 5.41 Å². The lowest BCUT2D eigenvalue weighted by Crippen LogP contribution is -2.36. The van der Waals surface area contributed by atoms with Crippen LogP contribution in [0.4, 0.5) is 0 Å². The first-order valence-corrected chi connectivity index (χ1v) is 6.21. The van der Waals surface area contributed by atoms with Gasteiger partial charge in [-0.25, -0.2) is 0 Å². The van der Waals surface area contributed by atoms with Gasteiger partial charge in [0.25, 0.3) is 0 Å². The van der Waals surface area contributed by atoms with E-state index in [9.17, 15) is 0 Å². The minimum atomic E-state index is 0.247. The fraction of sp³-hybridized carbons (Fsp3) is 0.917. The normalized spacial score (nSPS) is 11.4. The van der Waals surface area contributed by atoms with Crippen LogP contribution in [0.1, 0.15) is 26.7 Å². The number of nitrogens with one attached hydrogen (secondary N) is 1. The molecule has 0 atom stereocenters. The lowest BCUT2D eigenvalue weighted by Gasteiger charge is -2.26. The van der Waals surface area contributed by atoms with E-state index < -0.39 is 0 Å². The van der Waals surface area contributed by atoms with Gasteiger partial charge in [0.1, 0.15) is 0 Å². The molecule has 0 radical (unpaired) electrons. The quantitative estimate of drug-likeness (QED) is 0.324. The van der Waals surface area contributed by atoms with Gasteiger partial charge in [0.15, 0.2) is 0 Å². The van der Waals surface area contributed by atoms with E-state index in [0.717, 1.165) is 39.3 Å². The van der Waals surface area contributed by atoms with Crippen molar-refractivity contribution >= 4 is 5.84 Å². The number of amidine groups is 1. The largest absolute Gasteiger partial charge is 0.388 e. The van der Waals surface area contributed by atoms with Crippen molar-refractivity contribution in [1.82, 2.24) is 4.90 Å². The Bertz CT molecular complexity index is 198. The molecule has 0 aromatic carbocycles. The molecule has 0 spiro atoms. The number of ether oxygens (including phenoxy) is 2. The molecule has 5 heteroatoms. The van der Waals surface area contributed by atoms with Crippen LogP contribution in [0.2, 0.25) is 0 Å². The first kappa shape index (κ1) is 16.4. The zero-order chi connectivity index (χ0) is 13.1. The molecule has 0 aliphatic heterocycles. The monoisotopic (exact) mass is 245 g/mol. The van der Waals surface area contributed by atoms with Crippen LogP contribution >= 0.6 is 0 Å². The smallest absolute Gasteiger partial charge is 0.0918 e. The summed E-state index contributed by atoms with van der Waals surface area (Å²) in [5.41, 5.74) is 5.36. The number of nitrogens with zero attached hydrogens (tertiary/aromatic N) is 1. The average molecular weight is 245 g/mol. The fourth-order valence-corrected chi connectivity index (χ4v) is 1.48.